The number of hydrogen-bond donors (Lipinski definition) is 2. The normalized spacial score (nSPS) is 41.1. The second-order valence-electron chi connectivity index (χ2n) is 5.89. The first-order valence-corrected chi connectivity index (χ1v) is 7.39. The third-order valence-electron chi connectivity index (χ3n) is 4.69. The van der Waals surface area contributed by atoms with Crippen molar-refractivity contribution in [2.45, 2.75) is 82.5 Å². The second kappa shape index (κ2) is 6.17. The molecule has 3 N–H and O–H groups in total. The molecule has 1 saturated heterocycles. The molecule has 3 heteroatoms. The van der Waals surface area contributed by atoms with Crippen LogP contribution in [0.3, 0.4) is 0 Å². The van der Waals surface area contributed by atoms with Crippen LogP contribution < -0.4 is 5.73 Å². The topological polar surface area (TPSA) is 49.5 Å². The number of piperidine rings is 1. The Morgan fingerprint density at radius 2 is 1.82 bits per heavy atom. The summed E-state index contributed by atoms with van der Waals surface area (Å²) in [5.74, 6) is 0. The predicted molar refractivity (Wildman–Crippen MR) is 70.9 cm³/mol. The Kier molecular flexibility index (Phi) is 4.83. The van der Waals surface area contributed by atoms with E-state index in [0.717, 1.165) is 19.4 Å². The zero-order valence-electron chi connectivity index (χ0n) is 11.1. The van der Waals surface area contributed by atoms with Crippen LogP contribution in [-0.2, 0) is 0 Å². The zero-order valence-corrected chi connectivity index (χ0v) is 11.1. The molecule has 100 valence electrons. The van der Waals surface area contributed by atoms with E-state index in [9.17, 15) is 5.11 Å². The van der Waals surface area contributed by atoms with Crippen molar-refractivity contribution in [1.82, 2.24) is 4.90 Å². The summed E-state index contributed by atoms with van der Waals surface area (Å²) in [5.41, 5.74) is 5.92. The lowest BCUT2D eigenvalue weighted by Gasteiger charge is -2.46. The lowest BCUT2D eigenvalue weighted by atomic mass is 9.91. The Morgan fingerprint density at radius 1 is 1.06 bits per heavy atom. The van der Waals surface area contributed by atoms with E-state index in [4.69, 9.17) is 5.73 Å². The van der Waals surface area contributed by atoms with Crippen molar-refractivity contribution in [2.24, 2.45) is 5.73 Å². The van der Waals surface area contributed by atoms with Crippen LogP contribution in [0.25, 0.3) is 0 Å². The molecular weight excluding hydrogens is 212 g/mol. The lowest BCUT2D eigenvalue weighted by molar-refractivity contribution is -0.0209. The van der Waals surface area contributed by atoms with Gasteiger partial charge in [-0.05, 0) is 32.6 Å². The van der Waals surface area contributed by atoms with Gasteiger partial charge in [0.1, 0.15) is 0 Å². The molecular formula is C14H28N2O. The molecule has 1 heterocycles. The molecule has 0 bridgehead atoms. The highest BCUT2D eigenvalue weighted by Crippen LogP contribution is 2.31. The highest BCUT2D eigenvalue weighted by Gasteiger charge is 2.36. The molecule has 0 spiro atoms. The molecule has 0 aromatic rings. The maximum atomic E-state index is 10.3. The monoisotopic (exact) mass is 240 g/mol. The third-order valence-corrected chi connectivity index (χ3v) is 4.69. The fourth-order valence-corrected chi connectivity index (χ4v) is 3.76. The fraction of sp³-hybridized carbons (Fsp3) is 1.00. The Morgan fingerprint density at radius 3 is 2.59 bits per heavy atom. The summed E-state index contributed by atoms with van der Waals surface area (Å²) >= 11 is 0. The van der Waals surface area contributed by atoms with E-state index in [1.54, 1.807) is 0 Å². The third kappa shape index (κ3) is 3.01. The fourth-order valence-electron chi connectivity index (χ4n) is 3.76. The minimum absolute atomic E-state index is 0.132. The quantitative estimate of drug-likeness (QED) is 0.725. The number of nitrogens with zero attached hydrogens (tertiary/aromatic N) is 1. The van der Waals surface area contributed by atoms with Crippen molar-refractivity contribution < 1.29 is 5.11 Å². The number of nitrogens with two attached hydrogens (primary N) is 1. The summed E-state index contributed by atoms with van der Waals surface area (Å²) in [7, 11) is 0. The van der Waals surface area contributed by atoms with Crippen LogP contribution >= 0.6 is 0 Å². The molecule has 3 nitrogen and oxygen atoms in total. The molecule has 0 aromatic heterocycles. The van der Waals surface area contributed by atoms with Gasteiger partial charge in [0, 0.05) is 24.7 Å². The number of aliphatic hydroxyl groups excluding tert-OH is 1. The van der Waals surface area contributed by atoms with Gasteiger partial charge in [-0.2, -0.15) is 0 Å². The summed E-state index contributed by atoms with van der Waals surface area (Å²) in [6.45, 7) is 3.05. The minimum Gasteiger partial charge on any atom is -0.391 e. The first-order chi connectivity index (χ1) is 8.24. The van der Waals surface area contributed by atoms with Crippen LogP contribution in [0, 0.1) is 0 Å². The standard InChI is InChI=1S/C14H28N2O/c1-11-6-5-7-12(10-15)16(11)13-8-3-2-4-9-14(13)17/h11-14,17H,2-10,15H2,1H3. The first kappa shape index (κ1) is 13.3. The molecule has 1 aliphatic carbocycles. The van der Waals surface area contributed by atoms with Crippen LogP contribution in [-0.4, -0.2) is 40.8 Å². The van der Waals surface area contributed by atoms with Crippen LogP contribution in [0.5, 0.6) is 0 Å². The van der Waals surface area contributed by atoms with Crippen molar-refractivity contribution in [3.8, 4) is 0 Å². The smallest absolute Gasteiger partial charge is 0.0695 e. The van der Waals surface area contributed by atoms with E-state index in [1.165, 1.54) is 38.5 Å². The van der Waals surface area contributed by atoms with Gasteiger partial charge in [-0.15, -0.1) is 0 Å². The van der Waals surface area contributed by atoms with Gasteiger partial charge < -0.3 is 10.8 Å². The van der Waals surface area contributed by atoms with Gasteiger partial charge in [0.05, 0.1) is 6.10 Å². The number of rotatable bonds is 2. The average molecular weight is 240 g/mol. The Bertz CT molecular complexity index is 234. The highest BCUT2D eigenvalue weighted by atomic mass is 16.3. The van der Waals surface area contributed by atoms with Gasteiger partial charge >= 0.3 is 0 Å². The van der Waals surface area contributed by atoms with Gasteiger partial charge in [-0.1, -0.05) is 25.7 Å². The van der Waals surface area contributed by atoms with Gasteiger partial charge in [0.15, 0.2) is 0 Å². The molecule has 2 rings (SSSR count). The van der Waals surface area contributed by atoms with E-state index in [1.807, 2.05) is 0 Å². The summed E-state index contributed by atoms with van der Waals surface area (Å²) in [4.78, 5) is 2.56. The molecule has 0 radical (unpaired) electrons. The van der Waals surface area contributed by atoms with Crippen molar-refractivity contribution in [3.63, 3.8) is 0 Å². The van der Waals surface area contributed by atoms with E-state index in [0.29, 0.717) is 18.1 Å². The summed E-state index contributed by atoms with van der Waals surface area (Å²) in [6.07, 6.45) is 9.50. The zero-order chi connectivity index (χ0) is 12.3. The van der Waals surface area contributed by atoms with Gasteiger partial charge in [-0.25, -0.2) is 0 Å². The molecule has 1 aliphatic heterocycles. The van der Waals surface area contributed by atoms with Crippen LogP contribution in [0.2, 0.25) is 0 Å². The molecule has 2 fully saturated rings. The predicted octanol–water partition coefficient (Wildman–Crippen LogP) is 1.88. The van der Waals surface area contributed by atoms with Gasteiger partial charge in [-0.3, -0.25) is 4.90 Å². The summed E-state index contributed by atoms with van der Waals surface area (Å²) in [5, 5.41) is 10.3. The van der Waals surface area contributed by atoms with Crippen LogP contribution in [0.1, 0.15) is 58.3 Å². The summed E-state index contributed by atoms with van der Waals surface area (Å²) < 4.78 is 0. The van der Waals surface area contributed by atoms with E-state index in [-0.39, 0.29) is 6.10 Å². The molecule has 0 aromatic carbocycles. The molecule has 1 saturated carbocycles. The number of aliphatic hydroxyl groups is 1. The molecule has 17 heavy (non-hydrogen) atoms. The van der Waals surface area contributed by atoms with Gasteiger partial charge in [0.2, 0.25) is 0 Å². The maximum Gasteiger partial charge on any atom is 0.0695 e. The van der Waals surface area contributed by atoms with E-state index < -0.39 is 0 Å². The SMILES string of the molecule is CC1CCCC(CN)N1C1CCCCCC1O. The largest absolute Gasteiger partial charge is 0.391 e. The Hall–Kier alpha value is -0.120. The molecule has 4 atom stereocenters. The van der Waals surface area contributed by atoms with Crippen molar-refractivity contribution in [1.29, 1.82) is 0 Å². The van der Waals surface area contributed by atoms with E-state index >= 15 is 0 Å². The number of likely N-dealkylation sites (tertiary alicyclic amines) is 1. The van der Waals surface area contributed by atoms with Gasteiger partial charge in [0.25, 0.3) is 0 Å². The maximum absolute atomic E-state index is 10.3. The molecule has 2 aliphatic rings. The van der Waals surface area contributed by atoms with Crippen molar-refractivity contribution in [2.75, 3.05) is 6.54 Å². The van der Waals surface area contributed by atoms with Crippen molar-refractivity contribution in [3.05, 3.63) is 0 Å². The number of hydrogen-bond acceptors (Lipinski definition) is 3. The summed E-state index contributed by atoms with van der Waals surface area (Å²) in [6, 6.07) is 1.45. The average Bonchev–Trinajstić information content (AvgIpc) is 2.54. The Balaban J connectivity index is 2.09. The first-order valence-electron chi connectivity index (χ1n) is 7.39. The second-order valence-corrected chi connectivity index (χ2v) is 5.89. The molecule has 4 unspecified atom stereocenters. The Labute approximate surface area is 105 Å². The minimum atomic E-state index is -0.132. The van der Waals surface area contributed by atoms with Crippen LogP contribution in [0.15, 0.2) is 0 Å². The highest BCUT2D eigenvalue weighted by molar-refractivity contribution is 4.91. The lowest BCUT2D eigenvalue weighted by Crippen LogP contribution is -2.57. The van der Waals surface area contributed by atoms with Crippen molar-refractivity contribution >= 4 is 0 Å². The van der Waals surface area contributed by atoms with E-state index in [2.05, 4.69) is 11.8 Å². The van der Waals surface area contributed by atoms with Crippen LogP contribution in [0.4, 0.5) is 0 Å². The molecule has 0 amide bonds.